The summed E-state index contributed by atoms with van der Waals surface area (Å²) in [5.74, 6) is 1.48. The first-order chi connectivity index (χ1) is 13.9. The standard InChI is InChI=1S/C20H16N8/c1-2-14(11-21-6-1)12-24-18-10-16(15-5-7-23-20(15)25-18)17-3-4-19(27-26-17)28-9-8-22-13-28/h1-11,13H,12H2,(H2,23,24,25). The number of fused-ring (bicyclic) bond motifs is 1. The molecule has 0 radical (unpaired) electrons. The van der Waals surface area contributed by atoms with Crippen molar-refractivity contribution in [3.8, 4) is 17.1 Å². The minimum absolute atomic E-state index is 0.637. The Hall–Kier alpha value is -4.07. The van der Waals surface area contributed by atoms with E-state index in [1.54, 1.807) is 18.7 Å². The Labute approximate surface area is 160 Å². The molecule has 136 valence electrons. The Kier molecular flexibility index (Phi) is 3.98. The summed E-state index contributed by atoms with van der Waals surface area (Å²) in [5.41, 5.74) is 3.62. The van der Waals surface area contributed by atoms with Gasteiger partial charge in [-0.25, -0.2) is 9.97 Å². The summed E-state index contributed by atoms with van der Waals surface area (Å²) in [6, 6.07) is 11.8. The molecule has 5 rings (SSSR count). The number of hydrogen-bond acceptors (Lipinski definition) is 6. The zero-order chi connectivity index (χ0) is 18.8. The van der Waals surface area contributed by atoms with Gasteiger partial charge in [-0.15, -0.1) is 10.2 Å². The third-order valence-corrected chi connectivity index (χ3v) is 4.42. The number of hydrogen-bond donors (Lipinski definition) is 2. The van der Waals surface area contributed by atoms with E-state index >= 15 is 0 Å². The molecule has 0 amide bonds. The number of nitrogens with zero attached hydrogens (tertiary/aromatic N) is 6. The molecule has 0 aromatic carbocycles. The average Bonchev–Trinajstić information content (AvgIpc) is 3.45. The number of rotatable bonds is 5. The van der Waals surface area contributed by atoms with E-state index in [2.05, 4.69) is 35.5 Å². The summed E-state index contributed by atoms with van der Waals surface area (Å²) in [7, 11) is 0. The van der Waals surface area contributed by atoms with Crippen LogP contribution in [0.25, 0.3) is 28.1 Å². The Morgan fingerprint density at radius 1 is 1.04 bits per heavy atom. The maximum absolute atomic E-state index is 4.65. The fraction of sp³-hybridized carbons (Fsp3) is 0.0500. The van der Waals surface area contributed by atoms with Gasteiger partial charge in [-0.3, -0.25) is 9.55 Å². The van der Waals surface area contributed by atoms with Gasteiger partial charge in [0.15, 0.2) is 5.82 Å². The Morgan fingerprint density at radius 3 is 2.82 bits per heavy atom. The highest BCUT2D eigenvalue weighted by atomic mass is 15.2. The smallest absolute Gasteiger partial charge is 0.160 e. The molecule has 0 unspecified atom stereocenters. The van der Waals surface area contributed by atoms with Gasteiger partial charge < -0.3 is 10.3 Å². The predicted octanol–water partition coefficient (Wildman–Crippen LogP) is 3.21. The first-order valence-corrected chi connectivity index (χ1v) is 8.80. The van der Waals surface area contributed by atoms with Crippen LogP contribution in [0.15, 0.2) is 73.7 Å². The third kappa shape index (κ3) is 3.07. The van der Waals surface area contributed by atoms with Crippen molar-refractivity contribution >= 4 is 16.9 Å². The molecule has 5 aromatic heterocycles. The van der Waals surface area contributed by atoms with Gasteiger partial charge in [0.25, 0.3) is 0 Å². The number of imidazole rings is 1. The molecule has 28 heavy (non-hydrogen) atoms. The van der Waals surface area contributed by atoms with Crippen molar-refractivity contribution in [2.45, 2.75) is 6.54 Å². The number of H-pyrrole nitrogens is 1. The highest BCUT2D eigenvalue weighted by Gasteiger charge is 2.11. The van der Waals surface area contributed by atoms with Crippen molar-refractivity contribution in [2.75, 3.05) is 5.32 Å². The largest absolute Gasteiger partial charge is 0.366 e. The monoisotopic (exact) mass is 368 g/mol. The summed E-state index contributed by atoms with van der Waals surface area (Å²) in [6.07, 6.45) is 10.7. The van der Waals surface area contributed by atoms with Crippen molar-refractivity contribution in [1.82, 2.24) is 34.7 Å². The van der Waals surface area contributed by atoms with Crippen LogP contribution < -0.4 is 5.32 Å². The van der Waals surface area contributed by atoms with Crippen molar-refractivity contribution < 1.29 is 0 Å². The van der Waals surface area contributed by atoms with Crippen molar-refractivity contribution in [2.24, 2.45) is 0 Å². The van der Waals surface area contributed by atoms with Crippen LogP contribution in [0.5, 0.6) is 0 Å². The fourth-order valence-corrected chi connectivity index (χ4v) is 3.04. The summed E-state index contributed by atoms with van der Waals surface area (Å²) >= 11 is 0. The first-order valence-electron chi connectivity index (χ1n) is 8.80. The molecular weight excluding hydrogens is 352 g/mol. The molecule has 5 heterocycles. The van der Waals surface area contributed by atoms with Crippen LogP contribution in [0.4, 0.5) is 5.82 Å². The molecule has 0 bridgehead atoms. The molecule has 0 aliphatic heterocycles. The summed E-state index contributed by atoms with van der Waals surface area (Å²) in [6.45, 7) is 0.637. The second-order valence-corrected chi connectivity index (χ2v) is 6.26. The van der Waals surface area contributed by atoms with Gasteiger partial charge in [0, 0.05) is 48.5 Å². The summed E-state index contributed by atoms with van der Waals surface area (Å²) in [5, 5.41) is 13.1. The molecule has 0 saturated heterocycles. The van der Waals surface area contributed by atoms with E-state index in [1.165, 1.54) is 0 Å². The lowest BCUT2D eigenvalue weighted by atomic mass is 10.1. The predicted molar refractivity (Wildman–Crippen MR) is 106 cm³/mol. The van der Waals surface area contributed by atoms with Crippen LogP contribution in [0.1, 0.15) is 5.56 Å². The van der Waals surface area contributed by atoms with Crippen LogP contribution >= 0.6 is 0 Å². The fourth-order valence-electron chi connectivity index (χ4n) is 3.04. The van der Waals surface area contributed by atoms with Gasteiger partial charge in [0.1, 0.15) is 17.8 Å². The van der Waals surface area contributed by atoms with Gasteiger partial charge in [0.2, 0.25) is 0 Å². The van der Waals surface area contributed by atoms with Crippen LogP contribution in [-0.2, 0) is 6.54 Å². The molecule has 0 aliphatic rings. The second kappa shape index (κ2) is 6.92. The lowest BCUT2D eigenvalue weighted by Gasteiger charge is -2.09. The van der Waals surface area contributed by atoms with Crippen molar-refractivity contribution in [3.63, 3.8) is 0 Å². The van der Waals surface area contributed by atoms with Crippen molar-refractivity contribution in [3.05, 3.63) is 79.3 Å². The van der Waals surface area contributed by atoms with Gasteiger partial charge in [-0.05, 0) is 35.9 Å². The van der Waals surface area contributed by atoms with Gasteiger partial charge in [-0.1, -0.05) is 6.07 Å². The minimum atomic E-state index is 0.637. The zero-order valence-electron chi connectivity index (χ0n) is 14.8. The quantitative estimate of drug-likeness (QED) is 0.494. The maximum atomic E-state index is 4.65. The topological polar surface area (TPSA) is 97.2 Å². The van der Waals surface area contributed by atoms with Gasteiger partial charge in [-0.2, -0.15) is 0 Å². The SMILES string of the molecule is c1cncc(CNc2cc(-c3ccc(-n4ccnc4)nn3)c3cc[nH]c3n2)c1. The molecule has 0 atom stereocenters. The molecule has 2 N–H and O–H groups in total. The third-order valence-electron chi connectivity index (χ3n) is 4.42. The number of aromatic nitrogens is 7. The second-order valence-electron chi connectivity index (χ2n) is 6.26. The normalized spacial score (nSPS) is 11.0. The maximum Gasteiger partial charge on any atom is 0.160 e. The van der Waals surface area contributed by atoms with E-state index in [-0.39, 0.29) is 0 Å². The molecule has 0 fully saturated rings. The van der Waals surface area contributed by atoms with Crippen LogP contribution in [0.3, 0.4) is 0 Å². The van der Waals surface area contributed by atoms with Crippen LogP contribution in [0.2, 0.25) is 0 Å². The van der Waals surface area contributed by atoms with E-state index in [0.29, 0.717) is 6.54 Å². The summed E-state index contributed by atoms with van der Waals surface area (Å²) in [4.78, 5) is 16.0. The highest BCUT2D eigenvalue weighted by molar-refractivity contribution is 5.93. The van der Waals surface area contributed by atoms with Crippen molar-refractivity contribution in [1.29, 1.82) is 0 Å². The number of pyridine rings is 2. The summed E-state index contributed by atoms with van der Waals surface area (Å²) < 4.78 is 1.82. The lowest BCUT2D eigenvalue weighted by Crippen LogP contribution is -2.03. The first kappa shape index (κ1) is 16.1. The van der Waals surface area contributed by atoms with E-state index in [1.807, 2.05) is 59.6 Å². The van der Waals surface area contributed by atoms with E-state index in [4.69, 9.17) is 0 Å². The molecule has 0 aliphatic carbocycles. The van der Waals surface area contributed by atoms with Crippen LogP contribution in [-0.4, -0.2) is 34.7 Å². The zero-order valence-corrected chi connectivity index (χ0v) is 14.8. The number of nitrogens with one attached hydrogen (secondary N) is 2. The molecule has 0 saturated carbocycles. The average molecular weight is 368 g/mol. The van der Waals surface area contributed by atoms with Gasteiger partial charge in [0.05, 0.1) is 5.69 Å². The molecule has 5 aromatic rings. The highest BCUT2D eigenvalue weighted by Crippen LogP contribution is 2.28. The molecule has 0 spiro atoms. The van der Waals surface area contributed by atoms with Gasteiger partial charge >= 0.3 is 0 Å². The molecular formula is C20H16N8. The molecule has 8 nitrogen and oxygen atoms in total. The van der Waals surface area contributed by atoms with E-state index in [0.717, 1.165) is 39.5 Å². The minimum Gasteiger partial charge on any atom is -0.366 e. The Bertz CT molecular complexity index is 1190. The number of aromatic amines is 1. The van der Waals surface area contributed by atoms with E-state index in [9.17, 15) is 0 Å². The van der Waals surface area contributed by atoms with E-state index < -0.39 is 0 Å². The molecule has 8 heteroatoms. The lowest BCUT2D eigenvalue weighted by molar-refractivity contribution is 0.916. The Morgan fingerprint density at radius 2 is 2.04 bits per heavy atom. The number of anilines is 1. The van der Waals surface area contributed by atoms with Crippen LogP contribution in [0, 0.1) is 0 Å². The Balaban J connectivity index is 1.49.